The summed E-state index contributed by atoms with van der Waals surface area (Å²) >= 11 is 4.20. The van der Waals surface area contributed by atoms with Crippen LogP contribution >= 0.6 is 12.6 Å². The number of methoxy groups -OCH3 is 1. The quantitative estimate of drug-likeness (QED) is 0.325. The van der Waals surface area contributed by atoms with Crippen molar-refractivity contribution in [2.24, 2.45) is 0 Å². The molecule has 0 fully saturated rings. The minimum Gasteiger partial charge on any atom is -0.493 e. The number of benzene rings is 2. The minimum atomic E-state index is -0.475. The van der Waals surface area contributed by atoms with Gasteiger partial charge in [0, 0.05) is 23.4 Å². The molecule has 0 bridgehead atoms. The highest BCUT2D eigenvalue weighted by Crippen LogP contribution is 2.35. The van der Waals surface area contributed by atoms with Gasteiger partial charge in [0.2, 0.25) is 0 Å². The molecule has 0 N–H and O–H groups in total. The van der Waals surface area contributed by atoms with E-state index < -0.39 is 4.92 Å². The molecular weight excluding hydrogens is 358 g/mol. The van der Waals surface area contributed by atoms with E-state index in [2.05, 4.69) is 12.6 Å². The Hall–Kier alpha value is -2.74. The summed E-state index contributed by atoms with van der Waals surface area (Å²) in [6.45, 7) is 2.06. The zero-order chi connectivity index (χ0) is 19.1. The summed E-state index contributed by atoms with van der Waals surface area (Å²) in [6.07, 6.45) is 0.105. The summed E-state index contributed by atoms with van der Waals surface area (Å²) < 4.78 is 16.1. The van der Waals surface area contributed by atoms with Crippen molar-refractivity contribution >= 4 is 24.3 Å². The molecule has 0 aromatic heterocycles. The number of non-ortho nitro benzene ring substituents is 1. The van der Waals surface area contributed by atoms with Crippen LogP contribution < -0.4 is 9.47 Å². The molecule has 2 aromatic carbocycles. The average Bonchev–Trinajstić information content (AvgIpc) is 2.62. The van der Waals surface area contributed by atoms with E-state index >= 15 is 0 Å². The van der Waals surface area contributed by atoms with Crippen LogP contribution in [0.3, 0.4) is 0 Å². The monoisotopic (exact) mass is 377 g/mol. The van der Waals surface area contributed by atoms with Crippen LogP contribution in [-0.2, 0) is 21.7 Å². The Bertz CT molecular complexity index is 808. The van der Waals surface area contributed by atoms with Gasteiger partial charge >= 0.3 is 5.97 Å². The van der Waals surface area contributed by atoms with E-state index in [1.54, 1.807) is 25.1 Å². The van der Waals surface area contributed by atoms with Crippen LogP contribution in [-0.4, -0.2) is 24.6 Å². The standard InChI is InChI=1S/C18H19NO6S/c1-3-24-18(20)9-12-4-6-16(23-2)17(8-12)25-15-7-5-14(19(21)22)10-13(15)11-26/h4-8,10,26H,3,9,11H2,1-2H3. The molecule has 0 aliphatic carbocycles. The van der Waals surface area contributed by atoms with Crippen LogP contribution in [0.25, 0.3) is 0 Å². The molecule has 0 heterocycles. The molecule has 0 radical (unpaired) electrons. The van der Waals surface area contributed by atoms with Gasteiger partial charge in [-0.3, -0.25) is 14.9 Å². The lowest BCUT2D eigenvalue weighted by atomic mass is 10.1. The SMILES string of the molecule is CCOC(=O)Cc1ccc(OC)c(Oc2ccc([N+](=O)[O-])cc2CS)c1. The van der Waals surface area contributed by atoms with Gasteiger partial charge in [-0.25, -0.2) is 0 Å². The number of rotatable bonds is 8. The van der Waals surface area contributed by atoms with E-state index in [9.17, 15) is 14.9 Å². The van der Waals surface area contributed by atoms with E-state index in [1.807, 2.05) is 0 Å². The highest BCUT2D eigenvalue weighted by molar-refractivity contribution is 7.79. The molecule has 8 heteroatoms. The van der Waals surface area contributed by atoms with Crippen molar-refractivity contribution in [1.29, 1.82) is 0 Å². The molecular formula is C18H19NO6S. The molecule has 2 aromatic rings. The van der Waals surface area contributed by atoms with Crippen molar-refractivity contribution in [2.75, 3.05) is 13.7 Å². The lowest BCUT2D eigenvalue weighted by Gasteiger charge is -2.14. The molecule has 0 spiro atoms. The van der Waals surface area contributed by atoms with Gasteiger partial charge < -0.3 is 14.2 Å². The molecule has 0 saturated heterocycles. The van der Waals surface area contributed by atoms with Gasteiger partial charge in [0.05, 0.1) is 25.1 Å². The predicted octanol–water partition coefficient (Wildman–Crippen LogP) is 3.93. The maximum absolute atomic E-state index is 11.7. The molecule has 138 valence electrons. The average molecular weight is 377 g/mol. The van der Waals surface area contributed by atoms with Crippen molar-refractivity contribution in [1.82, 2.24) is 0 Å². The van der Waals surface area contributed by atoms with Crippen molar-refractivity contribution < 1.29 is 23.9 Å². The van der Waals surface area contributed by atoms with Crippen LogP contribution in [0.15, 0.2) is 36.4 Å². The molecule has 0 amide bonds. The Kier molecular flexibility index (Phi) is 6.85. The smallest absolute Gasteiger partial charge is 0.310 e. The van der Waals surface area contributed by atoms with Crippen LogP contribution in [0.1, 0.15) is 18.1 Å². The van der Waals surface area contributed by atoms with Gasteiger partial charge in [0.1, 0.15) is 5.75 Å². The Morgan fingerprint density at radius 2 is 1.88 bits per heavy atom. The molecule has 2 rings (SSSR count). The van der Waals surface area contributed by atoms with E-state index in [4.69, 9.17) is 14.2 Å². The van der Waals surface area contributed by atoms with Crippen LogP contribution in [0.2, 0.25) is 0 Å². The summed E-state index contributed by atoms with van der Waals surface area (Å²) in [5, 5.41) is 10.9. The summed E-state index contributed by atoms with van der Waals surface area (Å²) in [6, 6.07) is 9.41. The number of carbonyl (C=O) groups is 1. The van der Waals surface area contributed by atoms with Crippen LogP contribution in [0.4, 0.5) is 5.69 Å². The number of nitrogens with zero attached hydrogens (tertiary/aromatic N) is 1. The van der Waals surface area contributed by atoms with Crippen LogP contribution in [0.5, 0.6) is 17.2 Å². The lowest BCUT2D eigenvalue weighted by molar-refractivity contribution is -0.384. The number of hydrogen-bond acceptors (Lipinski definition) is 7. The minimum absolute atomic E-state index is 0.0376. The second-order valence-corrected chi connectivity index (χ2v) is 5.59. The molecule has 0 aliphatic heterocycles. The van der Waals surface area contributed by atoms with Crippen molar-refractivity contribution in [3.05, 3.63) is 57.6 Å². The number of ether oxygens (including phenoxy) is 3. The van der Waals surface area contributed by atoms with Crippen molar-refractivity contribution in [3.8, 4) is 17.2 Å². The van der Waals surface area contributed by atoms with Gasteiger partial charge in [0.15, 0.2) is 11.5 Å². The lowest BCUT2D eigenvalue weighted by Crippen LogP contribution is -2.07. The third kappa shape index (κ3) is 4.89. The van der Waals surface area contributed by atoms with E-state index in [0.29, 0.717) is 35.0 Å². The summed E-state index contributed by atoms with van der Waals surface area (Å²) in [7, 11) is 1.50. The highest BCUT2D eigenvalue weighted by atomic mass is 32.1. The van der Waals surface area contributed by atoms with Gasteiger partial charge in [-0.1, -0.05) is 6.07 Å². The molecule has 0 saturated carbocycles. The number of nitro benzene ring substituents is 1. The van der Waals surface area contributed by atoms with E-state index in [1.165, 1.54) is 25.3 Å². The largest absolute Gasteiger partial charge is 0.493 e. The molecule has 0 aliphatic rings. The zero-order valence-corrected chi connectivity index (χ0v) is 15.3. The van der Waals surface area contributed by atoms with E-state index in [-0.39, 0.29) is 23.8 Å². The first kappa shape index (κ1) is 19.6. The predicted molar refractivity (Wildman–Crippen MR) is 99.2 cm³/mol. The fourth-order valence-corrected chi connectivity index (χ4v) is 2.56. The first-order chi connectivity index (χ1) is 12.5. The Morgan fingerprint density at radius 3 is 2.50 bits per heavy atom. The zero-order valence-electron chi connectivity index (χ0n) is 14.4. The Balaban J connectivity index is 2.32. The van der Waals surface area contributed by atoms with Gasteiger partial charge in [-0.15, -0.1) is 0 Å². The molecule has 0 atom stereocenters. The number of carbonyl (C=O) groups excluding carboxylic acids is 1. The maximum atomic E-state index is 11.7. The number of nitro groups is 1. The van der Waals surface area contributed by atoms with Gasteiger partial charge in [0.25, 0.3) is 5.69 Å². The highest BCUT2D eigenvalue weighted by Gasteiger charge is 2.15. The number of esters is 1. The third-order valence-electron chi connectivity index (χ3n) is 3.53. The maximum Gasteiger partial charge on any atom is 0.310 e. The molecule has 7 nitrogen and oxygen atoms in total. The summed E-state index contributed by atoms with van der Waals surface area (Å²) in [5.41, 5.74) is 1.23. The van der Waals surface area contributed by atoms with Gasteiger partial charge in [-0.05, 0) is 30.7 Å². The van der Waals surface area contributed by atoms with Crippen LogP contribution in [0, 0.1) is 10.1 Å². The number of thiol groups is 1. The fourth-order valence-electron chi connectivity index (χ4n) is 2.31. The van der Waals surface area contributed by atoms with Gasteiger partial charge in [-0.2, -0.15) is 12.6 Å². The summed E-state index contributed by atoms with van der Waals surface area (Å²) in [5.74, 6) is 1.22. The van der Waals surface area contributed by atoms with E-state index in [0.717, 1.165) is 0 Å². The normalized spacial score (nSPS) is 10.3. The second kappa shape index (κ2) is 9.10. The molecule has 26 heavy (non-hydrogen) atoms. The topological polar surface area (TPSA) is 87.9 Å². The Labute approximate surface area is 156 Å². The fraction of sp³-hybridized carbons (Fsp3) is 0.278. The van der Waals surface area contributed by atoms with Crippen molar-refractivity contribution in [2.45, 2.75) is 19.1 Å². The third-order valence-corrected chi connectivity index (χ3v) is 3.87. The summed E-state index contributed by atoms with van der Waals surface area (Å²) in [4.78, 5) is 22.1. The first-order valence-electron chi connectivity index (χ1n) is 7.87. The first-order valence-corrected chi connectivity index (χ1v) is 8.50. The number of hydrogen-bond donors (Lipinski definition) is 1. The van der Waals surface area contributed by atoms with Crippen molar-refractivity contribution in [3.63, 3.8) is 0 Å². The molecule has 0 unspecified atom stereocenters. The second-order valence-electron chi connectivity index (χ2n) is 5.28. The Morgan fingerprint density at radius 1 is 1.15 bits per heavy atom.